The summed E-state index contributed by atoms with van der Waals surface area (Å²) in [5.74, 6) is 2.28. The Hall–Kier alpha value is -4.00. The van der Waals surface area contributed by atoms with Crippen LogP contribution in [0.15, 0.2) is 72.9 Å². The number of amides is 1. The van der Waals surface area contributed by atoms with Crippen molar-refractivity contribution in [3.8, 4) is 0 Å². The summed E-state index contributed by atoms with van der Waals surface area (Å²) >= 11 is 0. The van der Waals surface area contributed by atoms with Gasteiger partial charge in [0.1, 0.15) is 5.82 Å². The van der Waals surface area contributed by atoms with Gasteiger partial charge in [-0.25, -0.2) is 4.98 Å². The predicted octanol–water partition coefficient (Wildman–Crippen LogP) is 4.04. The zero-order chi connectivity index (χ0) is 21.9. The van der Waals surface area contributed by atoms with Gasteiger partial charge in [-0.15, -0.1) is 10.2 Å². The van der Waals surface area contributed by atoms with E-state index in [0.717, 1.165) is 46.6 Å². The first-order valence-corrected chi connectivity index (χ1v) is 10.7. The van der Waals surface area contributed by atoms with Gasteiger partial charge in [-0.2, -0.15) is 0 Å². The number of anilines is 3. The molecule has 3 heterocycles. The summed E-state index contributed by atoms with van der Waals surface area (Å²) in [6.07, 6.45) is 1.76. The van der Waals surface area contributed by atoms with E-state index in [0.29, 0.717) is 18.9 Å². The Morgan fingerprint density at radius 3 is 2.47 bits per heavy atom. The minimum Gasteiger partial charge on any atom is -0.352 e. The molecule has 0 atom stereocenters. The lowest BCUT2D eigenvalue weighted by Crippen LogP contribution is -2.49. The third kappa shape index (κ3) is 4.09. The van der Waals surface area contributed by atoms with Crippen molar-refractivity contribution >= 4 is 34.1 Å². The van der Waals surface area contributed by atoms with Crippen molar-refractivity contribution in [1.82, 2.24) is 20.1 Å². The van der Waals surface area contributed by atoms with Gasteiger partial charge in [0, 0.05) is 37.9 Å². The molecule has 2 aromatic heterocycles. The van der Waals surface area contributed by atoms with Crippen LogP contribution in [0.1, 0.15) is 15.9 Å². The lowest BCUT2D eigenvalue weighted by molar-refractivity contribution is 0.0748. The molecule has 1 amide bonds. The SMILES string of the molecule is Cc1ccnc(Nc2ccc(N3CCN(C(=O)c4cccc5ccccc45)CC3)nn2)c1. The summed E-state index contributed by atoms with van der Waals surface area (Å²) in [6, 6.07) is 21.7. The maximum Gasteiger partial charge on any atom is 0.254 e. The zero-order valence-corrected chi connectivity index (χ0v) is 17.9. The van der Waals surface area contributed by atoms with Gasteiger partial charge in [-0.3, -0.25) is 4.79 Å². The second-order valence-electron chi connectivity index (χ2n) is 7.93. The summed E-state index contributed by atoms with van der Waals surface area (Å²) in [5.41, 5.74) is 1.89. The lowest BCUT2D eigenvalue weighted by Gasteiger charge is -2.35. The standard InChI is InChI=1S/C25H24N6O/c1-18-11-12-26-23(17-18)27-22-9-10-24(29-28-22)30-13-15-31(16-14-30)25(32)21-8-4-6-19-5-2-3-7-20(19)21/h2-12,17H,13-16H2,1H3,(H,26,27,28). The van der Waals surface area contributed by atoms with Crippen molar-refractivity contribution in [3.05, 3.63) is 84.1 Å². The van der Waals surface area contributed by atoms with Crippen LogP contribution in [-0.2, 0) is 0 Å². The van der Waals surface area contributed by atoms with Gasteiger partial charge in [0.2, 0.25) is 0 Å². The quantitative estimate of drug-likeness (QED) is 0.533. The van der Waals surface area contributed by atoms with Gasteiger partial charge in [-0.05, 0) is 53.6 Å². The third-order valence-corrected chi connectivity index (χ3v) is 5.73. The highest BCUT2D eigenvalue weighted by molar-refractivity contribution is 6.07. The molecule has 1 N–H and O–H groups in total. The predicted molar refractivity (Wildman–Crippen MR) is 126 cm³/mol. The van der Waals surface area contributed by atoms with Crippen LogP contribution >= 0.6 is 0 Å². The van der Waals surface area contributed by atoms with Crippen LogP contribution in [0.4, 0.5) is 17.5 Å². The molecule has 160 valence electrons. The van der Waals surface area contributed by atoms with Gasteiger partial charge >= 0.3 is 0 Å². The van der Waals surface area contributed by atoms with E-state index in [4.69, 9.17) is 0 Å². The summed E-state index contributed by atoms with van der Waals surface area (Å²) in [7, 11) is 0. The number of fused-ring (bicyclic) bond motifs is 1. The fourth-order valence-corrected chi connectivity index (χ4v) is 4.02. The van der Waals surface area contributed by atoms with Crippen molar-refractivity contribution in [1.29, 1.82) is 0 Å². The first kappa shape index (κ1) is 19.9. The Morgan fingerprint density at radius 1 is 0.875 bits per heavy atom. The average Bonchev–Trinajstić information content (AvgIpc) is 2.84. The molecule has 1 fully saturated rings. The van der Waals surface area contributed by atoms with E-state index < -0.39 is 0 Å². The minimum atomic E-state index is 0.0812. The van der Waals surface area contributed by atoms with Crippen LogP contribution in [0.5, 0.6) is 0 Å². The van der Waals surface area contributed by atoms with E-state index in [9.17, 15) is 4.79 Å². The van der Waals surface area contributed by atoms with Crippen molar-refractivity contribution in [2.45, 2.75) is 6.92 Å². The number of piperazine rings is 1. The third-order valence-electron chi connectivity index (χ3n) is 5.73. The fourth-order valence-electron chi connectivity index (χ4n) is 4.02. The zero-order valence-electron chi connectivity index (χ0n) is 17.9. The van der Waals surface area contributed by atoms with Gasteiger partial charge in [0.25, 0.3) is 5.91 Å². The molecule has 32 heavy (non-hydrogen) atoms. The van der Waals surface area contributed by atoms with Crippen molar-refractivity contribution in [2.75, 3.05) is 36.4 Å². The smallest absolute Gasteiger partial charge is 0.254 e. The number of hydrogen-bond donors (Lipinski definition) is 1. The lowest BCUT2D eigenvalue weighted by atomic mass is 10.0. The molecule has 7 nitrogen and oxygen atoms in total. The van der Waals surface area contributed by atoms with Crippen LogP contribution in [0.25, 0.3) is 10.8 Å². The van der Waals surface area contributed by atoms with Gasteiger partial charge in [0.15, 0.2) is 11.6 Å². The molecule has 1 saturated heterocycles. The van der Waals surface area contributed by atoms with Gasteiger partial charge in [0.05, 0.1) is 0 Å². The molecule has 0 unspecified atom stereocenters. The van der Waals surface area contributed by atoms with Crippen molar-refractivity contribution < 1.29 is 4.79 Å². The average molecular weight is 425 g/mol. The molecule has 5 rings (SSSR count). The van der Waals surface area contributed by atoms with Crippen molar-refractivity contribution in [3.63, 3.8) is 0 Å². The van der Waals surface area contributed by atoms with Crippen LogP contribution < -0.4 is 10.2 Å². The molecular weight excluding hydrogens is 400 g/mol. The fraction of sp³-hybridized carbons (Fsp3) is 0.200. The first-order valence-electron chi connectivity index (χ1n) is 10.7. The molecule has 2 aromatic carbocycles. The van der Waals surface area contributed by atoms with Gasteiger partial charge < -0.3 is 15.1 Å². The summed E-state index contributed by atoms with van der Waals surface area (Å²) < 4.78 is 0. The molecule has 0 spiro atoms. The Balaban J connectivity index is 1.23. The number of nitrogens with zero attached hydrogens (tertiary/aromatic N) is 5. The normalized spacial score (nSPS) is 13.9. The molecular formula is C25H24N6O. The monoisotopic (exact) mass is 424 g/mol. The second-order valence-corrected chi connectivity index (χ2v) is 7.93. The van der Waals surface area contributed by atoms with Crippen LogP contribution in [0.2, 0.25) is 0 Å². The number of aromatic nitrogens is 3. The minimum absolute atomic E-state index is 0.0812. The van der Waals surface area contributed by atoms with E-state index in [1.54, 1.807) is 6.20 Å². The number of pyridine rings is 1. The van der Waals surface area contributed by atoms with Crippen molar-refractivity contribution in [2.24, 2.45) is 0 Å². The van der Waals surface area contributed by atoms with E-state index in [2.05, 4.69) is 25.4 Å². The number of benzene rings is 2. The van der Waals surface area contributed by atoms with E-state index >= 15 is 0 Å². The number of carbonyl (C=O) groups excluding carboxylic acids is 1. The van der Waals surface area contributed by atoms with E-state index in [-0.39, 0.29) is 5.91 Å². The Kier molecular flexibility index (Phi) is 5.37. The Labute approximate surface area is 186 Å². The molecule has 1 aliphatic rings. The Bertz CT molecular complexity index is 1240. The summed E-state index contributed by atoms with van der Waals surface area (Å²) in [4.78, 5) is 21.5. The van der Waals surface area contributed by atoms with E-state index in [1.165, 1.54) is 0 Å². The number of rotatable bonds is 4. The maximum atomic E-state index is 13.2. The number of hydrogen-bond acceptors (Lipinski definition) is 6. The molecule has 0 radical (unpaired) electrons. The molecule has 0 saturated carbocycles. The molecule has 4 aromatic rings. The van der Waals surface area contributed by atoms with E-state index in [1.807, 2.05) is 78.6 Å². The highest BCUT2D eigenvalue weighted by atomic mass is 16.2. The largest absolute Gasteiger partial charge is 0.352 e. The van der Waals surface area contributed by atoms with Crippen LogP contribution in [-0.4, -0.2) is 52.2 Å². The van der Waals surface area contributed by atoms with Gasteiger partial charge in [-0.1, -0.05) is 36.4 Å². The topological polar surface area (TPSA) is 74.2 Å². The molecule has 7 heteroatoms. The second kappa shape index (κ2) is 8.63. The Morgan fingerprint density at radius 2 is 1.69 bits per heavy atom. The summed E-state index contributed by atoms with van der Waals surface area (Å²) in [5, 5.41) is 13.9. The summed E-state index contributed by atoms with van der Waals surface area (Å²) in [6.45, 7) is 4.76. The first-order chi connectivity index (χ1) is 15.7. The maximum absolute atomic E-state index is 13.2. The number of nitrogens with one attached hydrogen (secondary N) is 1. The highest BCUT2D eigenvalue weighted by Crippen LogP contribution is 2.22. The highest BCUT2D eigenvalue weighted by Gasteiger charge is 2.24. The molecule has 0 bridgehead atoms. The number of carbonyl (C=O) groups is 1. The number of aryl methyl sites for hydroxylation is 1. The van der Waals surface area contributed by atoms with Crippen LogP contribution in [0, 0.1) is 6.92 Å². The molecule has 0 aliphatic carbocycles. The molecule has 1 aliphatic heterocycles. The van der Waals surface area contributed by atoms with Crippen LogP contribution in [0.3, 0.4) is 0 Å².